The van der Waals surface area contributed by atoms with Crippen molar-refractivity contribution in [2.24, 2.45) is 0 Å². The first kappa shape index (κ1) is 16.3. The Hall–Kier alpha value is -1.08. The summed E-state index contributed by atoms with van der Waals surface area (Å²) in [5.41, 5.74) is 2.85. The van der Waals surface area contributed by atoms with Gasteiger partial charge in [-0.05, 0) is 94.3 Å². The van der Waals surface area contributed by atoms with E-state index in [9.17, 15) is 4.79 Å². The van der Waals surface area contributed by atoms with Crippen LogP contribution in [0, 0.1) is 10.5 Å². The van der Waals surface area contributed by atoms with Gasteiger partial charge in [0.05, 0.1) is 5.69 Å². The van der Waals surface area contributed by atoms with E-state index in [-0.39, 0.29) is 11.9 Å². The van der Waals surface area contributed by atoms with Crippen LogP contribution in [0.25, 0.3) is 0 Å². The minimum Gasteiger partial charge on any atom is -0.374 e. The molecule has 1 unspecified atom stereocenters. The van der Waals surface area contributed by atoms with Crippen LogP contribution in [0.15, 0.2) is 46.9 Å². The number of hydrogen-bond acceptors (Lipinski definition) is 2. The van der Waals surface area contributed by atoms with Crippen LogP contribution in [0.5, 0.6) is 0 Å². The van der Waals surface area contributed by atoms with Crippen molar-refractivity contribution in [2.75, 3.05) is 10.6 Å². The number of carbonyl (C=O) groups excluding carboxylic acids is 1. The second kappa shape index (κ2) is 7.26. The molecule has 2 rings (SSSR count). The Labute approximate surface area is 146 Å². The Morgan fingerprint density at radius 2 is 1.86 bits per heavy atom. The Balaban J connectivity index is 2.00. The number of nitrogens with one attached hydrogen (secondary N) is 2. The maximum atomic E-state index is 12.2. The summed E-state index contributed by atoms with van der Waals surface area (Å²) in [7, 11) is 0. The first-order valence-electron chi connectivity index (χ1n) is 6.55. The van der Waals surface area contributed by atoms with E-state index in [1.54, 1.807) is 0 Å². The molecular formula is C16H16BrIN2O. The zero-order chi connectivity index (χ0) is 15.4. The quantitative estimate of drug-likeness (QED) is 0.646. The second-order valence-electron chi connectivity index (χ2n) is 4.85. The van der Waals surface area contributed by atoms with Crippen LogP contribution in [0.1, 0.15) is 12.5 Å². The lowest BCUT2D eigenvalue weighted by Crippen LogP contribution is -2.31. The van der Waals surface area contributed by atoms with Crippen LogP contribution in [-0.4, -0.2) is 11.9 Å². The first-order chi connectivity index (χ1) is 9.95. The topological polar surface area (TPSA) is 41.1 Å². The fourth-order valence-electron chi connectivity index (χ4n) is 1.82. The molecule has 21 heavy (non-hydrogen) atoms. The zero-order valence-corrected chi connectivity index (χ0v) is 15.5. The summed E-state index contributed by atoms with van der Waals surface area (Å²) in [6.07, 6.45) is 0. The molecule has 0 aliphatic rings. The molecule has 0 saturated heterocycles. The van der Waals surface area contributed by atoms with Crippen LogP contribution in [0.3, 0.4) is 0 Å². The van der Waals surface area contributed by atoms with Gasteiger partial charge in [-0.2, -0.15) is 0 Å². The van der Waals surface area contributed by atoms with Crippen molar-refractivity contribution >= 4 is 55.8 Å². The fourth-order valence-corrected chi connectivity index (χ4v) is 2.78. The van der Waals surface area contributed by atoms with E-state index < -0.39 is 0 Å². The molecule has 0 aromatic heterocycles. The van der Waals surface area contributed by atoms with Crippen molar-refractivity contribution in [3.8, 4) is 0 Å². The minimum absolute atomic E-state index is 0.0712. The predicted octanol–water partition coefficient (Wildman–Crippen LogP) is 4.80. The molecular weight excluding hydrogens is 443 g/mol. The number of anilines is 2. The van der Waals surface area contributed by atoms with Gasteiger partial charge < -0.3 is 10.6 Å². The molecule has 0 saturated carbocycles. The molecule has 0 fully saturated rings. The third-order valence-corrected chi connectivity index (χ3v) is 4.38. The molecule has 0 aliphatic heterocycles. The number of carbonyl (C=O) groups is 1. The summed E-state index contributed by atoms with van der Waals surface area (Å²) in [5.74, 6) is -0.0712. The first-order valence-corrected chi connectivity index (χ1v) is 8.42. The number of halogens is 2. The summed E-state index contributed by atoms with van der Waals surface area (Å²) in [6.45, 7) is 3.85. The van der Waals surface area contributed by atoms with E-state index >= 15 is 0 Å². The maximum absolute atomic E-state index is 12.2. The minimum atomic E-state index is -0.321. The van der Waals surface area contributed by atoms with Gasteiger partial charge in [0.2, 0.25) is 5.91 Å². The van der Waals surface area contributed by atoms with E-state index in [0.717, 1.165) is 21.4 Å². The van der Waals surface area contributed by atoms with Gasteiger partial charge in [0.25, 0.3) is 0 Å². The van der Waals surface area contributed by atoms with Gasteiger partial charge in [-0.1, -0.05) is 6.07 Å². The molecule has 3 nitrogen and oxygen atoms in total. The fraction of sp³-hybridized carbons (Fsp3) is 0.188. The Kier molecular flexibility index (Phi) is 5.64. The Bertz CT molecular complexity index is 643. The van der Waals surface area contributed by atoms with Gasteiger partial charge in [-0.3, -0.25) is 4.79 Å². The van der Waals surface area contributed by atoms with Crippen LogP contribution in [0.2, 0.25) is 0 Å². The number of hydrogen-bond donors (Lipinski definition) is 2. The molecule has 2 aromatic carbocycles. The molecule has 0 heterocycles. The smallest absolute Gasteiger partial charge is 0.246 e. The Morgan fingerprint density at radius 3 is 2.48 bits per heavy atom. The number of rotatable bonds is 4. The molecule has 0 bridgehead atoms. The van der Waals surface area contributed by atoms with Crippen LogP contribution in [-0.2, 0) is 4.79 Å². The third-order valence-electron chi connectivity index (χ3n) is 3.00. The molecule has 2 aromatic rings. The van der Waals surface area contributed by atoms with Crippen molar-refractivity contribution in [3.63, 3.8) is 0 Å². The highest BCUT2D eigenvalue weighted by Crippen LogP contribution is 2.23. The second-order valence-corrected chi connectivity index (χ2v) is 6.95. The SMILES string of the molecule is Cc1ccc(NC(=O)C(C)Nc2ccc(I)cc2)c(Br)c1. The van der Waals surface area contributed by atoms with Crippen molar-refractivity contribution in [1.29, 1.82) is 0 Å². The average Bonchev–Trinajstić information content (AvgIpc) is 2.44. The third kappa shape index (κ3) is 4.71. The van der Waals surface area contributed by atoms with E-state index in [1.807, 2.05) is 56.3 Å². The monoisotopic (exact) mass is 458 g/mol. The maximum Gasteiger partial charge on any atom is 0.246 e. The molecule has 2 N–H and O–H groups in total. The molecule has 0 spiro atoms. The lowest BCUT2D eigenvalue weighted by atomic mass is 10.2. The molecule has 0 aliphatic carbocycles. The standard InChI is InChI=1S/C16H16BrIN2O/c1-10-3-8-15(14(17)9-10)20-16(21)11(2)19-13-6-4-12(18)5-7-13/h3-9,11,19H,1-2H3,(H,20,21). The summed E-state index contributed by atoms with van der Waals surface area (Å²) >= 11 is 5.72. The van der Waals surface area contributed by atoms with Crippen molar-refractivity contribution in [2.45, 2.75) is 19.9 Å². The van der Waals surface area contributed by atoms with Gasteiger partial charge >= 0.3 is 0 Å². The van der Waals surface area contributed by atoms with Crippen LogP contribution >= 0.6 is 38.5 Å². The molecule has 1 atom stereocenters. The normalized spacial score (nSPS) is 11.8. The van der Waals surface area contributed by atoms with Gasteiger partial charge in [-0.25, -0.2) is 0 Å². The van der Waals surface area contributed by atoms with Gasteiger partial charge in [0, 0.05) is 13.7 Å². The van der Waals surface area contributed by atoms with Crippen molar-refractivity contribution < 1.29 is 4.79 Å². The van der Waals surface area contributed by atoms with Crippen LogP contribution in [0.4, 0.5) is 11.4 Å². The van der Waals surface area contributed by atoms with Gasteiger partial charge in [-0.15, -0.1) is 0 Å². The highest BCUT2D eigenvalue weighted by Gasteiger charge is 2.14. The van der Waals surface area contributed by atoms with Gasteiger partial charge in [0.15, 0.2) is 0 Å². The highest BCUT2D eigenvalue weighted by molar-refractivity contribution is 14.1. The molecule has 110 valence electrons. The highest BCUT2D eigenvalue weighted by atomic mass is 127. The lowest BCUT2D eigenvalue weighted by Gasteiger charge is -2.16. The molecule has 5 heteroatoms. The van der Waals surface area contributed by atoms with Crippen LogP contribution < -0.4 is 10.6 Å². The van der Waals surface area contributed by atoms with Crippen molar-refractivity contribution in [3.05, 3.63) is 56.1 Å². The molecule has 1 amide bonds. The van der Waals surface area contributed by atoms with E-state index in [4.69, 9.17) is 0 Å². The summed E-state index contributed by atoms with van der Waals surface area (Å²) in [6, 6.07) is 13.5. The zero-order valence-electron chi connectivity index (χ0n) is 11.8. The lowest BCUT2D eigenvalue weighted by molar-refractivity contribution is -0.116. The largest absolute Gasteiger partial charge is 0.374 e. The molecule has 0 radical (unpaired) electrons. The number of aryl methyl sites for hydroxylation is 1. The number of amides is 1. The summed E-state index contributed by atoms with van der Waals surface area (Å²) in [4.78, 5) is 12.2. The summed E-state index contributed by atoms with van der Waals surface area (Å²) in [5, 5.41) is 6.11. The predicted molar refractivity (Wildman–Crippen MR) is 99.8 cm³/mol. The average molecular weight is 459 g/mol. The van der Waals surface area contributed by atoms with E-state index in [1.165, 1.54) is 3.57 Å². The van der Waals surface area contributed by atoms with Crippen molar-refractivity contribution in [1.82, 2.24) is 0 Å². The summed E-state index contributed by atoms with van der Waals surface area (Å²) < 4.78 is 2.05. The number of benzene rings is 2. The van der Waals surface area contributed by atoms with E-state index in [2.05, 4.69) is 49.2 Å². The van der Waals surface area contributed by atoms with Gasteiger partial charge in [0.1, 0.15) is 6.04 Å². The Morgan fingerprint density at radius 1 is 1.19 bits per heavy atom. The van der Waals surface area contributed by atoms with E-state index in [0.29, 0.717) is 0 Å².